The van der Waals surface area contributed by atoms with Crippen molar-refractivity contribution in [3.63, 3.8) is 0 Å². The Kier molecular flexibility index (Phi) is 8.43. The zero-order valence-corrected chi connectivity index (χ0v) is 18.2. The number of anilines is 1. The van der Waals surface area contributed by atoms with Gasteiger partial charge in [0.25, 0.3) is 0 Å². The molecule has 1 aliphatic carbocycles. The summed E-state index contributed by atoms with van der Waals surface area (Å²) in [4.78, 5) is 8.74. The van der Waals surface area contributed by atoms with Gasteiger partial charge in [-0.25, -0.2) is 9.98 Å². The van der Waals surface area contributed by atoms with Crippen molar-refractivity contribution in [3.05, 3.63) is 47.1 Å². The van der Waals surface area contributed by atoms with E-state index in [-0.39, 0.29) is 30.1 Å². The maximum Gasteiger partial charge on any atom is 0.218 e. The predicted octanol–water partition coefficient (Wildman–Crippen LogP) is 4.61. The molecule has 1 fully saturated rings. The summed E-state index contributed by atoms with van der Waals surface area (Å²) < 4.78 is 11.2. The van der Waals surface area contributed by atoms with Crippen molar-refractivity contribution in [1.29, 1.82) is 0 Å². The third-order valence-electron chi connectivity index (χ3n) is 4.27. The van der Waals surface area contributed by atoms with Crippen LogP contribution in [0.3, 0.4) is 0 Å². The van der Waals surface area contributed by atoms with Gasteiger partial charge >= 0.3 is 0 Å². The lowest BCUT2D eigenvalue weighted by atomic mass is 10.2. The Labute approximate surface area is 181 Å². The molecule has 146 valence electrons. The summed E-state index contributed by atoms with van der Waals surface area (Å²) >= 11 is 6.12. The first-order chi connectivity index (χ1) is 12.7. The van der Waals surface area contributed by atoms with Gasteiger partial charge < -0.3 is 20.5 Å². The van der Waals surface area contributed by atoms with Crippen molar-refractivity contribution in [2.75, 3.05) is 12.4 Å². The number of nitrogens with one attached hydrogen (secondary N) is 1. The van der Waals surface area contributed by atoms with Crippen LogP contribution in [0, 0.1) is 0 Å². The van der Waals surface area contributed by atoms with Gasteiger partial charge in [-0.1, -0.05) is 17.7 Å². The molecule has 1 heterocycles. The number of hydrogen-bond donors (Lipinski definition) is 2. The van der Waals surface area contributed by atoms with Gasteiger partial charge in [-0.2, -0.15) is 0 Å². The van der Waals surface area contributed by atoms with Gasteiger partial charge in [-0.3, -0.25) is 0 Å². The van der Waals surface area contributed by atoms with Crippen LogP contribution in [0.25, 0.3) is 0 Å². The maximum absolute atomic E-state index is 6.12. The van der Waals surface area contributed by atoms with Crippen LogP contribution in [-0.4, -0.2) is 24.2 Å². The van der Waals surface area contributed by atoms with E-state index < -0.39 is 0 Å². The van der Waals surface area contributed by atoms with E-state index in [2.05, 4.69) is 15.3 Å². The molecule has 1 aromatic heterocycles. The summed E-state index contributed by atoms with van der Waals surface area (Å²) in [5.41, 5.74) is 7.65. The highest BCUT2D eigenvalue weighted by atomic mass is 127. The number of benzene rings is 1. The number of methoxy groups -OCH3 is 1. The Morgan fingerprint density at radius 3 is 2.81 bits per heavy atom. The van der Waals surface area contributed by atoms with Crippen LogP contribution < -0.4 is 20.5 Å². The molecule has 0 unspecified atom stereocenters. The Hall–Kier alpha value is -1.74. The number of nitrogens with two attached hydrogens (primary N) is 1. The molecule has 2 aromatic rings. The quantitative estimate of drug-likeness (QED) is 0.342. The van der Waals surface area contributed by atoms with Crippen LogP contribution in [-0.2, 0) is 6.54 Å². The molecule has 27 heavy (non-hydrogen) atoms. The lowest BCUT2D eigenvalue weighted by molar-refractivity contribution is 0.199. The van der Waals surface area contributed by atoms with E-state index in [4.69, 9.17) is 26.8 Å². The molecule has 0 spiro atoms. The van der Waals surface area contributed by atoms with Crippen LogP contribution in [0.1, 0.15) is 31.2 Å². The number of pyridine rings is 1. The van der Waals surface area contributed by atoms with E-state index in [0.717, 1.165) is 24.1 Å². The Balaban J connectivity index is 0.00000261. The summed E-state index contributed by atoms with van der Waals surface area (Å²) in [5, 5.41) is 3.53. The molecule has 0 saturated heterocycles. The fourth-order valence-electron chi connectivity index (χ4n) is 2.92. The van der Waals surface area contributed by atoms with Crippen molar-refractivity contribution in [2.24, 2.45) is 10.7 Å². The fraction of sp³-hybridized carbons (Fsp3) is 0.368. The molecular weight excluding hydrogens is 479 g/mol. The molecule has 3 rings (SSSR count). The Bertz CT molecular complexity index is 782. The molecule has 1 aromatic carbocycles. The minimum absolute atomic E-state index is 0. The third kappa shape index (κ3) is 6.14. The first kappa shape index (κ1) is 21.6. The van der Waals surface area contributed by atoms with Crippen molar-refractivity contribution >= 4 is 47.2 Å². The first-order valence-corrected chi connectivity index (χ1v) is 9.04. The zero-order valence-electron chi connectivity index (χ0n) is 15.2. The smallest absolute Gasteiger partial charge is 0.218 e. The first-order valence-electron chi connectivity index (χ1n) is 8.66. The van der Waals surface area contributed by atoms with E-state index in [9.17, 15) is 0 Å². The molecule has 0 amide bonds. The zero-order chi connectivity index (χ0) is 18.4. The molecule has 8 heteroatoms. The second-order valence-electron chi connectivity index (χ2n) is 6.17. The lowest BCUT2D eigenvalue weighted by Gasteiger charge is -2.14. The summed E-state index contributed by atoms with van der Waals surface area (Å²) in [5.74, 6) is 1.54. The number of halogens is 2. The van der Waals surface area contributed by atoms with Crippen molar-refractivity contribution < 1.29 is 9.47 Å². The highest BCUT2D eigenvalue weighted by Gasteiger charge is 2.18. The van der Waals surface area contributed by atoms with Gasteiger partial charge in [0, 0.05) is 17.4 Å². The summed E-state index contributed by atoms with van der Waals surface area (Å²) in [6.45, 7) is 0.388. The molecule has 3 N–H and O–H groups in total. The molecule has 0 bridgehead atoms. The topological polar surface area (TPSA) is 81.8 Å². The molecular formula is C19H24ClIN4O2. The molecule has 0 atom stereocenters. The van der Waals surface area contributed by atoms with Gasteiger partial charge in [-0.15, -0.1) is 24.0 Å². The van der Waals surface area contributed by atoms with E-state index in [1.807, 2.05) is 18.2 Å². The summed E-state index contributed by atoms with van der Waals surface area (Å²) in [7, 11) is 1.57. The number of aliphatic imine (C=N–C) groups is 1. The maximum atomic E-state index is 6.12. The van der Waals surface area contributed by atoms with Crippen molar-refractivity contribution in [2.45, 2.75) is 38.3 Å². The largest absolute Gasteiger partial charge is 0.495 e. The second kappa shape index (κ2) is 10.6. The number of aromatic nitrogens is 1. The predicted molar refractivity (Wildman–Crippen MR) is 119 cm³/mol. The Morgan fingerprint density at radius 2 is 2.11 bits per heavy atom. The van der Waals surface area contributed by atoms with Gasteiger partial charge in [0.15, 0.2) is 5.96 Å². The van der Waals surface area contributed by atoms with Gasteiger partial charge in [0.05, 0.1) is 18.7 Å². The van der Waals surface area contributed by atoms with Crippen molar-refractivity contribution in [3.8, 4) is 11.6 Å². The molecule has 1 saturated carbocycles. The van der Waals surface area contributed by atoms with E-state index >= 15 is 0 Å². The standard InChI is InChI=1S/C19H23ClN4O2.HI/c1-25-17-9-8-14(11-16(17)20)24-19(21)23-12-13-5-4-10-22-18(13)26-15-6-2-3-7-15;/h4-5,8-11,15H,2-3,6-7,12H2,1H3,(H3,21,23,24);1H. The number of hydrogen-bond acceptors (Lipinski definition) is 4. The van der Waals surface area contributed by atoms with Gasteiger partial charge in [0.1, 0.15) is 11.9 Å². The minimum atomic E-state index is 0. The molecule has 1 aliphatic rings. The normalized spacial score (nSPS) is 14.5. The highest BCUT2D eigenvalue weighted by Crippen LogP contribution is 2.27. The summed E-state index contributed by atoms with van der Waals surface area (Å²) in [6.07, 6.45) is 6.59. The van der Waals surface area contributed by atoms with E-state index in [1.54, 1.807) is 25.4 Å². The number of rotatable bonds is 6. The van der Waals surface area contributed by atoms with Gasteiger partial charge in [0.2, 0.25) is 5.88 Å². The molecule has 0 radical (unpaired) electrons. The number of guanidine groups is 1. The monoisotopic (exact) mass is 502 g/mol. The lowest BCUT2D eigenvalue weighted by Crippen LogP contribution is -2.22. The molecule has 0 aliphatic heterocycles. The van der Waals surface area contributed by atoms with Crippen LogP contribution >= 0.6 is 35.6 Å². The van der Waals surface area contributed by atoms with Crippen LogP contribution in [0.15, 0.2) is 41.5 Å². The van der Waals surface area contributed by atoms with Crippen LogP contribution in [0.4, 0.5) is 5.69 Å². The van der Waals surface area contributed by atoms with Crippen LogP contribution in [0.5, 0.6) is 11.6 Å². The molecule has 6 nitrogen and oxygen atoms in total. The summed E-state index contributed by atoms with van der Waals surface area (Å²) in [6, 6.07) is 9.16. The fourth-order valence-corrected chi connectivity index (χ4v) is 3.17. The average Bonchev–Trinajstić information content (AvgIpc) is 3.14. The number of nitrogens with zero attached hydrogens (tertiary/aromatic N) is 2. The second-order valence-corrected chi connectivity index (χ2v) is 6.57. The van der Waals surface area contributed by atoms with Crippen LogP contribution in [0.2, 0.25) is 5.02 Å². The minimum Gasteiger partial charge on any atom is -0.495 e. The Morgan fingerprint density at radius 1 is 1.33 bits per heavy atom. The highest BCUT2D eigenvalue weighted by molar-refractivity contribution is 14.0. The number of ether oxygens (including phenoxy) is 2. The average molecular weight is 503 g/mol. The van der Waals surface area contributed by atoms with Gasteiger partial charge in [-0.05, 0) is 49.9 Å². The van der Waals surface area contributed by atoms with E-state index in [1.165, 1.54) is 12.8 Å². The van der Waals surface area contributed by atoms with E-state index in [0.29, 0.717) is 29.2 Å². The third-order valence-corrected chi connectivity index (χ3v) is 4.57. The SMILES string of the molecule is COc1ccc(NC(N)=NCc2cccnc2OC2CCCC2)cc1Cl.I. The van der Waals surface area contributed by atoms with Crippen molar-refractivity contribution in [1.82, 2.24) is 4.98 Å².